The number of benzene rings is 1. The number of phenolic OH excluding ortho intramolecular Hbond substituents is 1. The largest absolute Gasteiger partial charge is 0.507 e. The highest BCUT2D eigenvalue weighted by Crippen LogP contribution is 2.50. The minimum atomic E-state index is -0.971. The smallest absolute Gasteiger partial charge is 0.455 e. The summed E-state index contributed by atoms with van der Waals surface area (Å²) in [6, 6.07) is 3.92. The van der Waals surface area contributed by atoms with Crippen LogP contribution in [0.4, 0.5) is 0 Å². The Labute approximate surface area is 201 Å². The van der Waals surface area contributed by atoms with Crippen molar-refractivity contribution in [2.45, 2.75) is 52.5 Å². The van der Waals surface area contributed by atoms with Gasteiger partial charge in [0.05, 0.1) is 24.5 Å². The Hall–Kier alpha value is -2.42. The minimum Gasteiger partial charge on any atom is -0.507 e. The fourth-order valence-corrected chi connectivity index (χ4v) is 6.02. The summed E-state index contributed by atoms with van der Waals surface area (Å²) < 4.78 is 11.5. The molecular formula is C26H34BNO6. The fourth-order valence-electron chi connectivity index (χ4n) is 6.02. The van der Waals surface area contributed by atoms with Crippen LogP contribution in [0, 0.1) is 31.6 Å². The van der Waals surface area contributed by atoms with Crippen molar-refractivity contribution in [2.75, 3.05) is 20.8 Å². The molecule has 2 fully saturated rings. The number of allylic oxidation sites excluding steroid dienone is 1. The average Bonchev–Trinajstić information content (AvgIpc) is 2.99. The van der Waals surface area contributed by atoms with Crippen LogP contribution >= 0.6 is 0 Å². The van der Waals surface area contributed by atoms with E-state index in [4.69, 9.17) is 9.39 Å². The molecule has 2 saturated heterocycles. The van der Waals surface area contributed by atoms with Gasteiger partial charge in [0, 0.05) is 14.2 Å². The van der Waals surface area contributed by atoms with Crippen LogP contribution in [0.3, 0.4) is 0 Å². The van der Waals surface area contributed by atoms with E-state index in [-0.39, 0.29) is 29.8 Å². The lowest BCUT2D eigenvalue weighted by Crippen LogP contribution is -2.46. The van der Waals surface area contributed by atoms with Gasteiger partial charge in [-0.05, 0) is 92.2 Å². The van der Waals surface area contributed by atoms with E-state index in [0.29, 0.717) is 31.5 Å². The Morgan fingerprint density at radius 3 is 2.56 bits per heavy atom. The molecule has 1 aromatic carbocycles. The quantitative estimate of drug-likeness (QED) is 0.379. The maximum absolute atomic E-state index is 12.9. The number of imide groups is 1. The van der Waals surface area contributed by atoms with Crippen LogP contribution in [0.2, 0.25) is 6.32 Å². The Morgan fingerprint density at radius 1 is 1.24 bits per heavy atom. The van der Waals surface area contributed by atoms with Gasteiger partial charge in [-0.1, -0.05) is 11.6 Å². The predicted octanol–water partition coefficient (Wildman–Crippen LogP) is 3.27. The first-order chi connectivity index (χ1) is 16.1. The molecule has 2 N–H and O–H groups in total. The molecule has 0 bridgehead atoms. The second kappa shape index (κ2) is 9.68. The second-order valence-electron chi connectivity index (χ2n) is 10.0. The van der Waals surface area contributed by atoms with Gasteiger partial charge in [0.15, 0.2) is 0 Å². The van der Waals surface area contributed by atoms with Crippen molar-refractivity contribution in [1.29, 1.82) is 0 Å². The third-order valence-electron chi connectivity index (χ3n) is 7.57. The van der Waals surface area contributed by atoms with Crippen LogP contribution in [0.15, 0.2) is 28.9 Å². The SMILES string of the molecule is COCC1=C2[C@@H](CC/C(C)=C/c3cc(C)c(O)c(C)c3)OB(O)C[C@@H]2[C@@H]2C(=O)N(C)C(=O)[C@@H]2C1. The van der Waals surface area contributed by atoms with Crippen molar-refractivity contribution in [3.63, 3.8) is 0 Å². The number of methoxy groups -OCH3 is 1. The van der Waals surface area contributed by atoms with Crippen LogP contribution in [0.25, 0.3) is 6.08 Å². The molecule has 1 aliphatic carbocycles. The zero-order valence-corrected chi connectivity index (χ0v) is 20.6. The highest BCUT2D eigenvalue weighted by molar-refractivity contribution is 6.43. The number of phenols is 1. The Balaban J connectivity index is 1.59. The summed E-state index contributed by atoms with van der Waals surface area (Å²) in [6.45, 7) is 6.22. The minimum absolute atomic E-state index is 0.140. The summed E-state index contributed by atoms with van der Waals surface area (Å²) in [4.78, 5) is 26.9. The molecule has 0 unspecified atom stereocenters. The van der Waals surface area contributed by atoms with Crippen LogP contribution in [0.5, 0.6) is 5.75 Å². The number of amides is 2. The summed E-state index contributed by atoms with van der Waals surface area (Å²) in [6.07, 6.45) is 3.98. The van der Waals surface area contributed by atoms with Gasteiger partial charge in [-0.15, -0.1) is 0 Å². The van der Waals surface area contributed by atoms with Crippen LogP contribution < -0.4 is 0 Å². The first-order valence-electron chi connectivity index (χ1n) is 11.9. The number of likely N-dealkylation sites (tertiary alicyclic amines) is 1. The molecule has 8 heteroatoms. The number of nitrogens with zero attached hydrogens (tertiary/aromatic N) is 1. The monoisotopic (exact) mass is 467 g/mol. The lowest BCUT2D eigenvalue weighted by molar-refractivity contribution is -0.138. The first kappa shape index (κ1) is 24.7. The number of carbonyl (C=O) groups excluding carboxylic acids is 2. The standard InChI is InChI=1S/C26H34BNO6/c1-14(8-17-9-15(2)24(29)16(3)10-17)6-7-21-22-18(13-33-5)11-19-23(20(22)12-27(32)34-21)26(31)28(4)25(19)30/h8-10,19-21,23,29,32H,6-7,11-13H2,1-5H3/b14-8+/t19-,20+,21-,23-/m1/s1. The van der Waals surface area contributed by atoms with E-state index in [9.17, 15) is 19.7 Å². The van der Waals surface area contributed by atoms with Crippen LogP contribution in [-0.2, 0) is 19.0 Å². The molecule has 4 atom stereocenters. The number of fused-ring (bicyclic) bond motifs is 3. The third-order valence-corrected chi connectivity index (χ3v) is 7.57. The van der Waals surface area contributed by atoms with Crippen LogP contribution in [0.1, 0.15) is 42.9 Å². The van der Waals surface area contributed by atoms with Crippen molar-refractivity contribution in [2.24, 2.45) is 17.8 Å². The predicted molar refractivity (Wildman–Crippen MR) is 130 cm³/mol. The molecule has 34 heavy (non-hydrogen) atoms. The van der Waals surface area contributed by atoms with Gasteiger partial charge in [0.1, 0.15) is 5.75 Å². The molecule has 0 aromatic heterocycles. The van der Waals surface area contributed by atoms with E-state index in [1.165, 1.54) is 4.90 Å². The lowest BCUT2D eigenvalue weighted by Gasteiger charge is -2.43. The van der Waals surface area contributed by atoms with E-state index < -0.39 is 13.0 Å². The van der Waals surface area contributed by atoms with E-state index >= 15 is 0 Å². The molecule has 182 valence electrons. The summed E-state index contributed by atoms with van der Waals surface area (Å²) in [5.41, 5.74) is 5.92. The van der Waals surface area contributed by atoms with Gasteiger partial charge in [0.25, 0.3) is 0 Å². The normalized spacial score (nSPS) is 27.4. The van der Waals surface area contributed by atoms with Gasteiger partial charge in [-0.3, -0.25) is 14.5 Å². The molecule has 7 nitrogen and oxygen atoms in total. The Bertz CT molecular complexity index is 1040. The number of rotatable bonds is 6. The molecule has 2 amide bonds. The maximum atomic E-state index is 12.9. The second-order valence-corrected chi connectivity index (χ2v) is 10.0. The van der Waals surface area contributed by atoms with Gasteiger partial charge in [-0.25, -0.2) is 0 Å². The third kappa shape index (κ3) is 4.46. The van der Waals surface area contributed by atoms with E-state index in [2.05, 4.69) is 13.0 Å². The summed E-state index contributed by atoms with van der Waals surface area (Å²) in [5.74, 6) is -1.01. The topological polar surface area (TPSA) is 96.3 Å². The fraction of sp³-hybridized carbons (Fsp3) is 0.538. The summed E-state index contributed by atoms with van der Waals surface area (Å²) in [5, 5.41) is 20.6. The van der Waals surface area contributed by atoms with Crippen molar-refractivity contribution < 1.29 is 29.1 Å². The number of hydrogen-bond acceptors (Lipinski definition) is 6. The molecular weight excluding hydrogens is 433 g/mol. The van der Waals surface area contributed by atoms with Gasteiger partial charge >= 0.3 is 7.12 Å². The number of aryl methyl sites for hydroxylation is 2. The number of ether oxygens (including phenoxy) is 1. The van der Waals surface area contributed by atoms with Gasteiger partial charge < -0.3 is 19.5 Å². The highest BCUT2D eigenvalue weighted by atomic mass is 16.5. The van der Waals surface area contributed by atoms with Gasteiger partial charge in [-0.2, -0.15) is 0 Å². The molecule has 0 saturated carbocycles. The molecule has 0 spiro atoms. The zero-order chi connectivity index (χ0) is 24.7. The van der Waals surface area contributed by atoms with Crippen molar-refractivity contribution in [3.05, 3.63) is 45.5 Å². The van der Waals surface area contributed by atoms with E-state index in [1.54, 1.807) is 14.2 Å². The first-order valence-corrected chi connectivity index (χ1v) is 11.9. The average molecular weight is 467 g/mol. The van der Waals surface area contributed by atoms with Crippen molar-refractivity contribution in [3.8, 4) is 5.75 Å². The summed E-state index contributed by atoms with van der Waals surface area (Å²) in [7, 11) is 2.21. The van der Waals surface area contributed by atoms with Crippen molar-refractivity contribution in [1.82, 2.24) is 4.90 Å². The molecule has 3 aliphatic rings. The van der Waals surface area contributed by atoms with Crippen molar-refractivity contribution >= 4 is 25.0 Å². The number of aromatic hydroxyl groups is 1. The van der Waals surface area contributed by atoms with E-state index in [0.717, 1.165) is 39.8 Å². The Morgan fingerprint density at radius 2 is 1.91 bits per heavy atom. The molecule has 4 rings (SSSR count). The molecule has 2 heterocycles. The molecule has 0 radical (unpaired) electrons. The molecule has 2 aliphatic heterocycles. The van der Waals surface area contributed by atoms with E-state index in [1.807, 2.05) is 26.0 Å². The summed E-state index contributed by atoms with van der Waals surface area (Å²) >= 11 is 0. The molecule has 1 aromatic rings. The maximum Gasteiger partial charge on any atom is 0.455 e. The zero-order valence-electron chi connectivity index (χ0n) is 20.6. The number of carbonyl (C=O) groups is 2. The Kier molecular flexibility index (Phi) is 7.03. The lowest BCUT2D eigenvalue weighted by atomic mass is 9.58. The van der Waals surface area contributed by atoms with Gasteiger partial charge in [0.2, 0.25) is 11.8 Å². The number of hydrogen-bond donors (Lipinski definition) is 2. The van der Waals surface area contributed by atoms with Crippen LogP contribution in [-0.4, -0.2) is 60.8 Å². The highest BCUT2D eigenvalue weighted by Gasteiger charge is 2.56.